The SMILES string of the molecule is COCCCNS(=O)(=O)/N=C(\N)NC(=O)c1ccc(N2CCCCC2)cc1.Cl. The second kappa shape index (κ2) is 11.8. The summed E-state index contributed by atoms with van der Waals surface area (Å²) in [5, 5.41) is 2.28. The molecule has 2 rings (SSSR count). The van der Waals surface area contributed by atoms with Gasteiger partial charge in [-0.15, -0.1) is 16.8 Å². The number of methoxy groups -OCH3 is 1. The van der Waals surface area contributed by atoms with Crippen LogP contribution in [0.15, 0.2) is 28.7 Å². The van der Waals surface area contributed by atoms with Crippen LogP contribution in [0.25, 0.3) is 0 Å². The molecule has 4 N–H and O–H groups in total. The number of piperidine rings is 1. The van der Waals surface area contributed by atoms with Crippen molar-refractivity contribution in [2.45, 2.75) is 25.7 Å². The highest BCUT2D eigenvalue weighted by Gasteiger charge is 2.14. The molecule has 0 spiro atoms. The van der Waals surface area contributed by atoms with Crippen LogP contribution in [0, 0.1) is 0 Å². The first kappa shape index (κ1) is 24.2. The summed E-state index contributed by atoms with van der Waals surface area (Å²) in [6.45, 7) is 2.62. The maximum absolute atomic E-state index is 12.2. The minimum Gasteiger partial charge on any atom is -0.385 e. The molecule has 28 heavy (non-hydrogen) atoms. The van der Waals surface area contributed by atoms with Gasteiger partial charge in [-0.1, -0.05) is 0 Å². The average molecular weight is 434 g/mol. The Labute approximate surface area is 172 Å². The molecule has 1 aromatic rings. The van der Waals surface area contributed by atoms with Crippen LogP contribution >= 0.6 is 12.4 Å². The number of ether oxygens (including phenoxy) is 1. The van der Waals surface area contributed by atoms with Gasteiger partial charge < -0.3 is 15.4 Å². The number of rotatable bonds is 8. The number of amides is 1. The summed E-state index contributed by atoms with van der Waals surface area (Å²) in [5.41, 5.74) is 6.98. The first-order valence-electron chi connectivity index (χ1n) is 8.91. The molecule has 11 heteroatoms. The van der Waals surface area contributed by atoms with Gasteiger partial charge in [-0.2, -0.15) is 13.1 Å². The van der Waals surface area contributed by atoms with Gasteiger partial charge in [-0.25, -0.2) is 0 Å². The van der Waals surface area contributed by atoms with Crippen LogP contribution in [0.4, 0.5) is 5.69 Å². The Morgan fingerprint density at radius 1 is 1.21 bits per heavy atom. The van der Waals surface area contributed by atoms with Gasteiger partial charge in [0.1, 0.15) is 0 Å². The third-order valence-corrected chi connectivity index (χ3v) is 5.13. The lowest BCUT2D eigenvalue weighted by molar-refractivity contribution is 0.0977. The molecule has 1 saturated heterocycles. The fourth-order valence-electron chi connectivity index (χ4n) is 2.77. The summed E-state index contributed by atoms with van der Waals surface area (Å²) in [4.78, 5) is 14.5. The molecule has 0 aliphatic carbocycles. The number of nitrogens with zero attached hydrogens (tertiary/aromatic N) is 2. The number of guanidine groups is 1. The molecular weight excluding hydrogens is 406 g/mol. The normalized spacial score (nSPS) is 15.0. The quantitative estimate of drug-likeness (QED) is 0.319. The van der Waals surface area contributed by atoms with Gasteiger partial charge in [0.2, 0.25) is 5.96 Å². The van der Waals surface area contributed by atoms with Crippen LogP contribution in [-0.2, 0) is 14.9 Å². The summed E-state index contributed by atoms with van der Waals surface area (Å²) >= 11 is 0. The lowest BCUT2D eigenvalue weighted by atomic mass is 10.1. The van der Waals surface area contributed by atoms with E-state index in [0.717, 1.165) is 18.8 Å². The van der Waals surface area contributed by atoms with E-state index in [2.05, 4.69) is 19.3 Å². The van der Waals surface area contributed by atoms with E-state index in [1.54, 1.807) is 12.1 Å². The summed E-state index contributed by atoms with van der Waals surface area (Å²) in [7, 11) is -2.45. The Kier molecular flexibility index (Phi) is 10.2. The topological polar surface area (TPSA) is 126 Å². The monoisotopic (exact) mass is 433 g/mol. The van der Waals surface area contributed by atoms with Crippen LogP contribution in [-0.4, -0.2) is 53.6 Å². The van der Waals surface area contributed by atoms with Crippen molar-refractivity contribution in [2.24, 2.45) is 10.1 Å². The molecule has 0 unspecified atom stereocenters. The molecular formula is C17H28ClN5O4S. The zero-order valence-corrected chi connectivity index (χ0v) is 17.5. The van der Waals surface area contributed by atoms with Gasteiger partial charge in [0.25, 0.3) is 5.91 Å². The van der Waals surface area contributed by atoms with E-state index in [-0.39, 0.29) is 19.0 Å². The Morgan fingerprint density at radius 2 is 1.86 bits per heavy atom. The van der Waals surface area contributed by atoms with E-state index in [1.807, 2.05) is 12.1 Å². The zero-order valence-electron chi connectivity index (χ0n) is 15.9. The van der Waals surface area contributed by atoms with E-state index in [0.29, 0.717) is 18.6 Å². The smallest absolute Gasteiger partial charge is 0.323 e. The lowest BCUT2D eigenvalue weighted by Gasteiger charge is -2.28. The average Bonchev–Trinajstić information content (AvgIpc) is 2.65. The predicted molar refractivity (Wildman–Crippen MR) is 112 cm³/mol. The Morgan fingerprint density at radius 3 is 2.46 bits per heavy atom. The fourth-order valence-corrected chi connectivity index (χ4v) is 3.54. The number of carbonyl (C=O) groups is 1. The largest absolute Gasteiger partial charge is 0.385 e. The molecule has 1 fully saturated rings. The van der Waals surface area contributed by atoms with Gasteiger partial charge in [0, 0.05) is 44.6 Å². The van der Waals surface area contributed by atoms with Gasteiger partial charge in [0.05, 0.1) is 0 Å². The summed E-state index contributed by atoms with van der Waals surface area (Å²) in [5.74, 6) is -1.00. The molecule has 0 aromatic heterocycles. The minimum atomic E-state index is -3.97. The fraction of sp³-hybridized carbons (Fsp3) is 0.529. The van der Waals surface area contributed by atoms with Crippen molar-refractivity contribution in [3.63, 3.8) is 0 Å². The summed E-state index contributed by atoms with van der Waals surface area (Å²) in [6.07, 6.45) is 4.09. The highest BCUT2D eigenvalue weighted by Crippen LogP contribution is 2.20. The molecule has 1 amide bonds. The highest BCUT2D eigenvalue weighted by atomic mass is 35.5. The van der Waals surface area contributed by atoms with Crippen LogP contribution in [0.5, 0.6) is 0 Å². The van der Waals surface area contributed by atoms with Crippen molar-refractivity contribution in [1.82, 2.24) is 10.0 Å². The molecule has 1 heterocycles. The zero-order chi connectivity index (χ0) is 19.7. The first-order valence-corrected chi connectivity index (χ1v) is 10.4. The third kappa shape index (κ3) is 8.01. The molecule has 0 atom stereocenters. The van der Waals surface area contributed by atoms with Crippen LogP contribution in [0.1, 0.15) is 36.0 Å². The molecule has 9 nitrogen and oxygen atoms in total. The van der Waals surface area contributed by atoms with Gasteiger partial charge in [-0.3, -0.25) is 10.1 Å². The van der Waals surface area contributed by atoms with Gasteiger partial charge in [-0.05, 0) is 49.9 Å². The van der Waals surface area contributed by atoms with Crippen molar-refractivity contribution < 1.29 is 17.9 Å². The standard InChI is InChI=1S/C17H27N5O4S.ClH/c1-26-13-5-10-19-27(24,25)21-17(18)20-16(23)14-6-8-15(9-7-14)22-11-3-2-4-12-22;/h6-9,19H,2-5,10-13H2,1H3,(H3,18,20,21,23);1H. The molecule has 1 aliphatic rings. The van der Waals surface area contributed by atoms with E-state index in [9.17, 15) is 13.2 Å². The number of hydrogen-bond donors (Lipinski definition) is 3. The number of halogens is 1. The molecule has 1 aromatic carbocycles. The first-order chi connectivity index (χ1) is 12.9. The van der Waals surface area contributed by atoms with Crippen molar-refractivity contribution in [3.8, 4) is 0 Å². The molecule has 0 saturated carbocycles. The van der Waals surface area contributed by atoms with Gasteiger partial charge in [0.15, 0.2) is 0 Å². The predicted octanol–water partition coefficient (Wildman–Crippen LogP) is 1.01. The number of anilines is 1. The number of benzene rings is 1. The Hall–Kier alpha value is -1.88. The Balaban J connectivity index is 0.00000392. The van der Waals surface area contributed by atoms with Crippen LogP contribution in [0.3, 0.4) is 0 Å². The third-order valence-electron chi connectivity index (χ3n) is 4.12. The van der Waals surface area contributed by atoms with Crippen molar-refractivity contribution in [3.05, 3.63) is 29.8 Å². The van der Waals surface area contributed by atoms with Crippen molar-refractivity contribution in [1.29, 1.82) is 0 Å². The number of nitrogens with one attached hydrogen (secondary N) is 2. The number of nitrogens with two attached hydrogens (primary N) is 1. The van der Waals surface area contributed by atoms with E-state index in [1.165, 1.54) is 26.4 Å². The van der Waals surface area contributed by atoms with Gasteiger partial charge >= 0.3 is 10.2 Å². The van der Waals surface area contributed by atoms with E-state index in [4.69, 9.17) is 10.5 Å². The molecule has 0 bridgehead atoms. The maximum atomic E-state index is 12.2. The number of hydrogen-bond acceptors (Lipinski definition) is 5. The summed E-state index contributed by atoms with van der Waals surface area (Å²) in [6, 6.07) is 7.12. The minimum absolute atomic E-state index is 0. The number of carbonyl (C=O) groups excluding carboxylic acids is 1. The van der Waals surface area contributed by atoms with E-state index < -0.39 is 22.1 Å². The summed E-state index contributed by atoms with van der Waals surface area (Å²) < 4.78 is 33.9. The van der Waals surface area contributed by atoms with Crippen molar-refractivity contribution in [2.75, 3.05) is 38.3 Å². The highest BCUT2D eigenvalue weighted by molar-refractivity contribution is 7.88. The second-order valence-electron chi connectivity index (χ2n) is 6.24. The van der Waals surface area contributed by atoms with Crippen molar-refractivity contribution >= 4 is 40.2 Å². The van der Waals surface area contributed by atoms with Crippen LogP contribution in [0.2, 0.25) is 0 Å². The Bertz CT molecular complexity index is 749. The lowest BCUT2D eigenvalue weighted by Crippen LogP contribution is -2.38. The second-order valence-corrected chi connectivity index (χ2v) is 7.66. The molecule has 1 aliphatic heterocycles. The maximum Gasteiger partial charge on any atom is 0.323 e. The molecule has 0 radical (unpaired) electrons. The van der Waals surface area contributed by atoms with Crippen LogP contribution < -0.4 is 20.7 Å². The molecule has 158 valence electrons. The van der Waals surface area contributed by atoms with E-state index >= 15 is 0 Å².